The van der Waals surface area contributed by atoms with Gasteiger partial charge in [0.15, 0.2) is 0 Å². The molecule has 1 fully saturated rings. The van der Waals surface area contributed by atoms with Crippen molar-refractivity contribution in [3.05, 3.63) is 0 Å². The van der Waals surface area contributed by atoms with Crippen LogP contribution in [0.2, 0.25) is 0 Å². The van der Waals surface area contributed by atoms with Crippen LogP contribution in [-0.2, 0) is 9.53 Å². The number of esters is 1. The van der Waals surface area contributed by atoms with Crippen molar-refractivity contribution in [2.24, 2.45) is 10.8 Å². The smallest absolute Gasteiger partial charge is 0.307 e. The highest BCUT2D eigenvalue weighted by atomic mass is 16.5. The van der Waals surface area contributed by atoms with Gasteiger partial charge in [0.25, 0.3) is 0 Å². The van der Waals surface area contributed by atoms with Gasteiger partial charge in [-0.1, -0.05) is 27.7 Å². The molecule has 0 aromatic carbocycles. The molecule has 1 aliphatic carbocycles. The third-order valence-corrected chi connectivity index (χ3v) is 3.62. The summed E-state index contributed by atoms with van der Waals surface area (Å²) in [6.45, 7) is 12.4. The molecule has 0 aromatic heterocycles. The van der Waals surface area contributed by atoms with Crippen molar-refractivity contribution >= 4 is 5.97 Å². The number of carbonyl (C=O) groups is 1. The predicted molar refractivity (Wildman–Crippen MR) is 74.5 cm³/mol. The minimum atomic E-state index is -0.0978. The second kappa shape index (κ2) is 6.05. The van der Waals surface area contributed by atoms with Gasteiger partial charge in [-0.25, -0.2) is 0 Å². The Balaban J connectivity index is 2.36. The molecule has 1 rings (SSSR count). The first-order valence-corrected chi connectivity index (χ1v) is 7.13. The van der Waals surface area contributed by atoms with E-state index in [2.05, 4.69) is 33.0 Å². The van der Waals surface area contributed by atoms with E-state index in [9.17, 15) is 4.79 Å². The topological polar surface area (TPSA) is 38.3 Å². The van der Waals surface area contributed by atoms with Crippen LogP contribution in [0, 0.1) is 10.8 Å². The van der Waals surface area contributed by atoms with Gasteiger partial charge in [-0.05, 0) is 37.0 Å². The summed E-state index contributed by atoms with van der Waals surface area (Å²) in [6, 6.07) is 0.526. The monoisotopic (exact) mass is 255 g/mol. The molecule has 18 heavy (non-hydrogen) atoms. The van der Waals surface area contributed by atoms with Crippen molar-refractivity contribution < 1.29 is 9.53 Å². The van der Waals surface area contributed by atoms with Crippen LogP contribution in [-0.4, -0.2) is 25.2 Å². The van der Waals surface area contributed by atoms with Crippen LogP contribution in [0.1, 0.15) is 60.3 Å². The summed E-state index contributed by atoms with van der Waals surface area (Å²) in [5.74, 6) is -0.0978. The van der Waals surface area contributed by atoms with Gasteiger partial charge in [0.2, 0.25) is 0 Å². The van der Waals surface area contributed by atoms with Crippen LogP contribution in [0.3, 0.4) is 0 Å². The number of hydrogen-bond acceptors (Lipinski definition) is 3. The Morgan fingerprint density at radius 3 is 2.28 bits per heavy atom. The van der Waals surface area contributed by atoms with Crippen LogP contribution < -0.4 is 5.32 Å². The molecule has 106 valence electrons. The average Bonchev–Trinajstić information content (AvgIpc) is 2.12. The molecule has 0 amide bonds. The second-order valence-electron chi connectivity index (χ2n) is 7.12. The largest absolute Gasteiger partial charge is 0.466 e. The summed E-state index contributed by atoms with van der Waals surface area (Å²) in [5, 5.41) is 3.52. The van der Waals surface area contributed by atoms with Crippen LogP contribution in [0.5, 0.6) is 0 Å². The normalized spacial score (nSPS) is 22.7. The Morgan fingerprint density at radius 1 is 1.22 bits per heavy atom. The molecule has 1 N–H and O–H groups in total. The van der Waals surface area contributed by atoms with E-state index < -0.39 is 0 Å². The first kappa shape index (κ1) is 15.5. The molecular formula is C15H29NO2. The molecule has 0 unspecified atom stereocenters. The van der Waals surface area contributed by atoms with Crippen LogP contribution in [0.4, 0.5) is 0 Å². The lowest BCUT2D eigenvalue weighted by Gasteiger charge is -2.45. The van der Waals surface area contributed by atoms with Crippen LogP contribution in [0.15, 0.2) is 0 Å². The number of carbonyl (C=O) groups excluding carboxylic acids is 1. The van der Waals surface area contributed by atoms with Gasteiger partial charge in [0, 0.05) is 12.6 Å². The lowest BCUT2D eigenvalue weighted by Crippen LogP contribution is -2.44. The van der Waals surface area contributed by atoms with Gasteiger partial charge in [-0.3, -0.25) is 4.79 Å². The summed E-state index contributed by atoms with van der Waals surface area (Å²) in [5.41, 5.74) is 0.784. The SMILES string of the molecule is CCOC(=O)CCNC1CC(C)(C)CC(C)(C)C1. The van der Waals surface area contributed by atoms with Crippen molar-refractivity contribution in [2.45, 2.75) is 66.3 Å². The van der Waals surface area contributed by atoms with Crippen LogP contribution >= 0.6 is 0 Å². The first-order valence-electron chi connectivity index (χ1n) is 7.13. The van der Waals surface area contributed by atoms with E-state index in [1.165, 1.54) is 19.3 Å². The molecule has 0 atom stereocenters. The summed E-state index contributed by atoms with van der Waals surface area (Å²) in [6.07, 6.45) is 4.14. The zero-order valence-corrected chi connectivity index (χ0v) is 12.6. The highest BCUT2D eigenvalue weighted by molar-refractivity contribution is 5.69. The number of ether oxygens (including phenoxy) is 1. The van der Waals surface area contributed by atoms with Gasteiger partial charge in [-0.15, -0.1) is 0 Å². The average molecular weight is 255 g/mol. The van der Waals surface area contributed by atoms with E-state index in [4.69, 9.17) is 4.74 Å². The molecule has 3 nitrogen and oxygen atoms in total. The highest BCUT2D eigenvalue weighted by Gasteiger charge is 2.38. The Labute approximate surface area is 112 Å². The van der Waals surface area contributed by atoms with Gasteiger partial charge in [-0.2, -0.15) is 0 Å². The molecular weight excluding hydrogens is 226 g/mol. The summed E-state index contributed by atoms with van der Waals surface area (Å²) in [4.78, 5) is 11.3. The standard InChI is InChI=1S/C15H29NO2/c1-6-18-13(17)7-8-16-12-9-14(2,3)11-15(4,5)10-12/h12,16H,6-11H2,1-5H3. The summed E-state index contributed by atoms with van der Waals surface area (Å²) >= 11 is 0. The molecule has 0 heterocycles. The van der Waals surface area contributed by atoms with Crippen molar-refractivity contribution in [3.63, 3.8) is 0 Å². The molecule has 3 heteroatoms. The highest BCUT2D eigenvalue weighted by Crippen LogP contribution is 2.45. The summed E-state index contributed by atoms with van der Waals surface area (Å²) in [7, 11) is 0. The molecule has 0 aromatic rings. The minimum absolute atomic E-state index is 0.0978. The van der Waals surface area contributed by atoms with Crippen molar-refractivity contribution in [1.29, 1.82) is 0 Å². The molecule has 0 bridgehead atoms. The van der Waals surface area contributed by atoms with Crippen LogP contribution in [0.25, 0.3) is 0 Å². The molecule has 1 saturated carbocycles. The minimum Gasteiger partial charge on any atom is -0.466 e. The molecule has 0 aliphatic heterocycles. The second-order valence-corrected chi connectivity index (χ2v) is 7.12. The molecule has 0 saturated heterocycles. The quantitative estimate of drug-likeness (QED) is 0.767. The zero-order valence-electron chi connectivity index (χ0n) is 12.6. The fraction of sp³-hybridized carbons (Fsp3) is 0.933. The number of hydrogen-bond donors (Lipinski definition) is 1. The van der Waals surface area contributed by atoms with Gasteiger partial charge < -0.3 is 10.1 Å². The van der Waals surface area contributed by atoms with E-state index >= 15 is 0 Å². The lowest BCUT2D eigenvalue weighted by molar-refractivity contribution is -0.143. The maximum absolute atomic E-state index is 11.3. The summed E-state index contributed by atoms with van der Waals surface area (Å²) < 4.78 is 4.93. The lowest BCUT2D eigenvalue weighted by atomic mass is 9.63. The molecule has 0 spiro atoms. The van der Waals surface area contributed by atoms with Gasteiger partial charge in [0.05, 0.1) is 13.0 Å². The van der Waals surface area contributed by atoms with Crippen molar-refractivity contribution in [1.82, 2.24) is 5.32 Å². The van der Waals surface area contributed by atoms with E-state index in [1.807, 2.05) is 6.92 Å². The molecule has 1 aliphatic rings. The fourth-order valence-corrected chi connectivity index (χ4v) is 3.60. The maximum atomic E-state index is 11.3. The van der Waals surface area contributed by atoms with Gasteiger partial charge >= 0.3 is 5.97 Å². The van der Waals surface area contributed by atoms with Crippen molar-refractivity contribution in [2.75, 3.05) is 13.2 Å². The predicted octanol–water partition coefficient (Wildman–Crippen LogP) is 3.13. The first-order chi connectivity index (χ1) is 8.24. The Morgan fingerprint density at radius 2 is 1.78 bits per heavy atom. The fourth-order valence-electron chi connectivity index (χ4n) is 3.60. The zero-order chi connectivity index (χ0) is 13.8. The molecule has 0 radical (unpaired) electrons. The Hall–Kier alpha value is -0.570. The van der Waals surface area contributed by atoms with E-state index in [1.54, 1.807) is 0 Å². The maximum Gasteiger partial charge on any atom is 0.307 e. The Kier molecular flexibility index (Phi) is 5.20. The van der Waals surface area contributed by atoms with E-state index in [0.717, 1.165) is 6.54 Å². The number of rotatable bonds is 5. The number of nitrogens with one attached hydrogen (secondary N) is 1. The van der Waals surface area contributed by atoms with Gasteiger partial charge in [0.1, 0.15) is 0 Å². The third-order valence-electron chi connectivity index (χ3n) is 3.62. The van der Waals surface area contributed by atoms with E-state index in [-0.39, 0.29) is 5.97 Å². The van der Waals surface area contributed by atoms with E-state index in [0.29, 0.717) is 29.9 Å². The van der Waals surface area contributed by atoms with Crippen molar-refractivity contribution in [3.8, 4) is 0 Å². The third kappa shape index (κ3) is 5.38. The Bertz CT molecular complexity index is 268.